The summed E-state index contributed by atoms with van der Waals surface area (Å²) in [6.07, 6.45) is 45.8. The summed E-state index contributed by atoms with van der Waals surface area (Å²) in [4.78, 5) is 72.6. The van der Waals surface area contributed by atoms with Gasteiger partial charge in [-0.2, -0.15) is 0 Å². The molecular weight excluding hydrogens is 1190 g/mol. The highest BCUT2D eigenvalue weighted by Gasteiger charge is 2.30. The summed E-state index contributed by atoms with van der Waals surface area (Å²) in [6, 6.07) is 0. The smallest absolute Gasteiger partial charge is 0.462 e. The van der Waals surface area contributed by atoms with Crippen molar-refractivity contribution in [1.82, 2.24) is 0 Å². The molecular formula is C71H138O17P2. The maximum absolute atomic E-state index is 13.0. The number of aliphatic hydroxyl groups excluding tert-OH is 1. The summed E-state index contributed by atoms with van der Waals surface area (Å²) >= 11 is 0. The van der Waals surface area contributed by atoms with E-state index in [4.69, 9.17) is 37.0 Å². The van der Waals surface area contributed by atoms with Crippen LogP contribution in [0.2, 0.25) is 0 Å². The first-order valence-electron chi connectivity index (χ1n) is 36.8. The van der Waals surface area contributed by atoms with Crippen LogP contribution >= 0.6 is 15.6 Å². The molecule has 534 valence electrons. The van der Waals surface area contributed by atoms with Crippen LogP contribution in [0.4, 0.5) is 0 Å². The van der Waals surface area contributed by atoms with Gasteiger partial charge in [-0.25, -0.2) is 9.13 Å². The van der Waals surface area contributed by atoms with Gasteiger partial charge in [0.25, 0.3) is 0 Å². The predicted octanol–water partition coefficient (Wildman–Crippen LogP) is 20.2. The van der Waals surface area contributed by atoms with Gasteiger partial charge < -0.3 is 33.8 Å². The molecule has 90 heavy (non-hydrogen) atoms. The number of carbonyl (C=O) groups excluding carboxylic acids is 4. The zero-order valence-corrected chi connectivity index (χ0v) is 60.4. The number of esters is 4. The molecule has 0 fully saturated rings. The lowest BCUT2D eigenvalue weighted by atomic mass is 10.0. The molecule has 0 aliphatic rings. The van der Waals surface area contributed by atoms with E-state index in [-0.39, 0.29) is 25.7 Å². The Morgan fingerprint density at radius 2 is 0.511 bits per heavy atom. The van der Waals surface area contributed by atoms with Crippen molar-refractivity contribution in [1.29, 1.82) is 0 Å². The number of aliphatic hydroxyl groups is 1. The number of ether oxygens (including phenoxy) is 4. The van der Waals surface area contributed by atoms with Gasteiger partial charge in [0, 0.05) is 25.7 Å². The second-order valence-corrected chi connectivity index (χ2v) is 30.0. The van der Waals surface area contributed by atoms with Crippen LogP contribution in [-0.4, -0.2) is 96.7 Å². The molecule has 0 spiro atoms. The number of rotatable bonds is 69. The second kappa shape index (κ2) is 61.9. The van der Waals surface area contributed by atoms with E-state index in [1.54, 1.807) is 0 Å². The Kier molecular flexibility index (Phi) is 60.6. The Hall–Kier alpha value is -1.94. The van der Waals surface area contributed by atoms with E-state index < -0.39 is 97.5 Å². The summed E-state index contributed by atoms with van der Waals surface area (Å²) in [5.74, 6) is 0.105. The quantitative estimate of drug-likeness (QED) is 0.0222. The van der Waals surface area contributed by atoms with Gasteiger partial charge in [0.15, 0.2) is 12.2 Å². The van der Waals surface area contributed by atoms with E-state index in [1.807, 2.05) is 0 Å². The fraction of sp³-hybridized carbons (Fsp3) is 0.944. The van der Waals surface area contributed by atoms with Crippen LogP contribution in [0.5, 0.6) is 0 Å². The lowest BCUT2D eigenvalue weighted by molar-refractivity contribution is -0.161. The van der Waals surface area contributed by atoms with Gasteiger partial charge in [-0.3, -0.25) is 37.3 Å². The molecule has 0 aliphatic carbocycles. The molecule has 2 unspecified atom stereocenters. The maximum atomic E-state index is 13.0. The third-order valence-electron chi connectivity index (χ3n) is 16.4. The SMILES string of the molecule is CCCCCCCCCCCCCCCC(=O)O[C@H](COC(=O)CCCCCCCCCC(C)C)COP(=O)(O)OC[C@H](O)COP(=O)(O)OC[C@@H](COC(=O)CCCCCCCCCCCCC(C)C)OC(=O)CCCCCCCCCCCCCC(C)C. The van der Waals surface area contributed by atoms with Gasteiger partial charge in [-0.1, -0.05) is 305 Å². The minimum absolute atomic E-state index is 0.106. The monoisotopic (exact) mass is 1320 g/mol. The highest BCUT2D eigenvalue weighted by Crippen LogP contribution is 2.45. The van der Waals surface area contributed by atoms with E-state index in [1.165, 1.54) is 161 Å². The Morgan fingerprint density at radius 3 is 0.756 bits per heavy atom. The first kappa shape index (κ1) is 88.1. The predicted molar refractivity (Wildman–Crippen MR) is 363 cm³/mol. The largest absolute Gasteiger partial charge is 0.472 e. The van der Waals surface area contributed by atoms with Gasteiger partial charge in [0.1, 0.15) is 19.3 Å². The van der Waals surface area contributed by atoms with Gasteiger partial charge in [0.05, 0.1) is 26.4 Å². The maximum Gasteiger partial charge on any atom is 0.472 e. The van der Waals surface area contributed by atoms with Crippen LogP contribution in [0.3, 0.4) is 0 Å². The van der Waals surface area contributed by atoms with Crippen molar-refractivity contribution in [3.05, 3.63) is 0 Å². The van der Waals surface area contributed by atoms with Gasteiger partial charge in [-0.05, 0) is 43.4 Å². The van der Waals surface area contributed by atoms with Crippen LogP contribution in [0.1, 0.15) is 357 Å². The summed E-state index contributed by atoms with van der Waals surface area (Å²) in [6.45, 7) is 11.8. The standard InChI is InChI=1S/C71H138O17P2/c1-8-9-10-11-12-13-14-15-18-25-32-40-47-54-70(75)88-67(59-82-69(74)53-46-39-34-27-30-37-44-51-64(6)7)61-86-90(79,80)84-57-65(72)56-83-89(77,78)85-60-66(58-81-68(73)52-45-38-31-24-21-20-23-29-36-43-50-63(4)5)87-71(76)55-48-41-33-26-19-16-17-22-28-35-42-49-62(2)3/h62-67,72H,8-61H2,1-7H3,(H,77,78)(H,79,80)/t65-,66-,67-/m1/s1. The molecule has 5 atom stereocenters. The van der Waals surface area contributed by atoms with Crippen molar-refractivity contribution < 1.29 is 80.2 Å². The molecule has 0 heterocycles. The van der Waals surface area contributed by atoms with E-state index in [0.717, 1.165) is 108 Å². The fourth-order valence-corrected chi connectivity index (χ4v) is 12.3. The van der Waals surface area contributed by atoms with Crippen LogP contribution in [0, 0.1) is 17.8 Å². The minimum atomic E-state index is -4.95. The summed E-state index contributed by atoms with van der Waals surface area (Å²) in [5, 5.41) is 10.6. The Labute approximate surface area is 549 Å². The third kappa shape index (κ3) is 64.8. The molecule has 19 heteroatoms. The molecule has 0 bridgehead atoms. The molecule has 3 N–H and O–H groups in total. The van der Waals surface area contributed by atoms with Crippen molar-refractivity contribution in [2.24, 2.45) is 17.8 Å². The summed E-state index contributed by atoms with van der Waals surface area (Å²) in [7, 11) is -9.90. The molecule has 0 aromatic heterocycles. The van der Waals surface area contributed by atoms with Crippen LogP contribution in [0.25, 0.3) is 0 Å². The third-order valence-corrected chi connectivity index (χ3v) is 18.3. The zero-order chi connectivity index (χ0) is 66.6. The normalized spacial score (nSPS) is 14.2. The molecule has 0 amide bonds. The number of phosphoric acid groups is 2. The second-order valence-electron chi connectivity index (χ2n) is 27.1. The Morgan fingerprint density at radius 1 is 0.300 bits per heavy atom. The highest BCUT2D eigenvalue weighted by atomic mass is 31.2. The first-order chi connectivity index (χ1) is 43.2. The van der Waals surface area contributed by atoms with Crippen molar-refractivity contribution in [2.45, 2.75) is 375 Å². The average molecular weight is 1330 g/mol. The van der Waals surface area contributed by atoms with Crippen molar-refractivity contribution in [3.8, 4) is 0 Å². The van der Waals surface area contributed by atoms with Crippen molar-refractivity contribution >= 4 is 39.5 Å². The van der Waals surface area contributed by atoms with Gasteiger partial charge in [0.2, 0.25) is 0 Å². The minimum Gasteiger partial charge on any atom is -0.462 e. The number of hydrogen-bond acceptors (Lipinski definition) is 15. The Balaban J connectivity index is 5.26. The number of hydrogen-bond donors (Lipinski definition) is 3. The average Bonchev–Trinajstić information content (AvgIpc) is 3.58. The number of phosphoric ester groups is 2. The van der Waals surface area contributed by atoms with E-state index in [2.05, 4.69) is 48.5 Å². The lowest BCUT2D eigenvalue weighted by Crippen LogP contribution is -2.30. The van der Waals surface area contributed by atoms with Gasteiger partial charge >= 0.3 is 39.5 Å². The molecule has 0 saturated carbocycles. The molecule has 0 aromatic rings. The molecule has 0 radical (unpaired) electrons. The summed E-state index contributed by atoms with van der Waals surface area (Å²) < 4.78 is 68.3. The molecule has 17 nitrogen and oxygen atoms in total. The molecule has 0 rings (SSSR count). The van der Waals surface area contributed by atoms with Crippen molar-refractivity contribution in [3.63, 3.8) is 0 Å². The Bertz CT molecular complexity index is 1770. The van der Waals surface area contributed by atoms with E-state index in [9.17, 15) is 43.2 Å². The van der Waals surface area contributed by atoms with Crippen LogP contribution in [0.15, 0.2) is 0 Å². The molecule has 0 saturated heterocycles. The summed E-state index contributed by atoms with van der Waals surface area (Å²) in [5.41, 5.74) is 0. The van der Waals surface area contributed by atoms with Crippen LogP contribution in [-0.2, 0) is 65.4 Å². The number of carbonyl (C=O) groups is 4. The topological polar surface area (TPSA) is 237 Å². The van der Waals surface area contributed by atoms with Gasteiger partial charge in [-0.15, -0.1) is 0 Å². The lowest BCUT2D eigenvalue weighted by Gasteiger charge is -2.21. The van der Waals surface area contributed by atoms with E-state index >= 15 is 0 Å². The van der Waals surface area contributed by atoms with Crippen molar-refractivity contribution in [2.75, 3.05) is 39.6 Å². The zero-order valence-electron chi connectivity index (χ0n) is 58.6. The first-order valence-corrected chi connectivity index (χ1v) is 39.8. The van der Waals surface area contributed by atoms with Crippen LogP contribution < -0.4 is 0 Å². The number of unbranched alkanes of at least 4 members (excludes halogenated alkanes) is 37. The fourth-order valence-electron chi connectivity index (χ4n) is 10.7. The molecule has 0 aliphatic heterocycles. The molecule has 0 aromatic carbocycles. The highest BCUT2D eigenvalue weighted by molar-refractivity contribution is 7.47. The van der Waals surface area contributed by atoms with E-state index in [0.29, 0.717) is 31.6 Å².